The molecule has 0 spiro atoms. The molecule has 0 aliphatic rings. The van der Waals surface area contributed by atoms with Crippen LogP contribution in [0.2, 0.25) is 5.02 Å². The summed E-state index contributed by atoms with van der Waals surface area (Å²) >= 11 is 9.12. The average molecular weight is 428 g/mol. The largest absolute Gasteiger partial charge is 0.493 e. The highest BCUT2D eigenvalue weighted by atomic mass is 79.9. The van der Waals surface area contributed by atoms with Gasteiger partial charge in [0.2, 0.25) is 0 Å². The molecule has 0 fully saturated rings. The number of Topliss-reactive ketones (excluding diaryl/α,β-unsaturated/α-hetero) is 1. The predicted octanol–water partition coefficient (Wildman–Crippen LogP) is 4.55. The van der Waals surface area contributed by atoms with E-state index >= 15 is 0 Å². The summed E-state index contributed by atoms with van der Waals surface area (Å²) in [6, 6.07) is 9.42. The summed E-state index contributed by atoms with van der Waals surface area (Å²) in [5, 5.41) is 0.528. The zero-order valence-electron chi connectivity index (χ0n) is 13.7. The van der Waals surface area contributed by atoms with Gasteiger partial charge in [-0.05, 0) is 59.3 Å². The Labute approximate surface area is 159 Å². The van der Waals surface area contributed by atoms with Gasteiger partial charge in [-0.1, -0.05) is 11.6 Å². The Morgan fingerprint density at radius 2 is 1.80 bits per heavy atom. The Morgan fingerprint density at radius 1 is 1.12 bits per heavy atom. The fourth-order valence-corrected chi connectivity index (χ4v) is 2.74. The van der Waals surface area contributed by atoms with Gasteiger partial charge in [-0.25, -0.2) is 4.79 Å². The van der Waals surface area contributed by atoms with Gasteiger partial charge in [0.15, 0.2) is 23.9 Å². The number of hydrogen-bond donors (Lipinski definition) is 0. The molecule has 7 heteroatoms. The normalized spacial score (nSPS) is 10.2. The van der Waals surface area contributed by atoms with Gasteiger partial charge in [-0.3, -0.25) is 4.79 Å². The molecule has 2 aromatic rings. The third-order valence-corrected chi connectivity index (χ3v) is 4.10. The molecule has 0 heterocycles. The molecule has 5 nitrogen and oxygen atoms in total. The second kappa shape index (κ2) is 8.87. The number of methoxy groups -OCH3 is 1. The highest BCUT2D eigenvalue weighted by molar-refractivity contribution is 9.10. The van der Waals surface area contributed by atoms with E-state index in [2.05, 4.69) is 15.9 Å². The lowest BCUT2D eigenvalue weighted by molar-refractivity contribution is 0.0474. The van der Waals surface area contributed by atoms with E-state index in [9.17, 15) is 9.59 Å². The molecule has 25 heavy (non-hydrogen) atoms. The first kappa shape index (κ1) is 19.3. The Morgan fingerprint density at radius 3 is 2.40 bits per heavy atom. The number of ether oxygens (including phenoxy) is 3. The standard InChI is InChI=1S/C18H16BrClO5/c1-3-24-17-14(19)8-12(9-16(17)23-2)18(22)25-10-15(21)11-4-6-13(20)7-5-11/h4-9H,3,10H2,1-2H3. The van der Waals surface area contributed by atoms with Crippen molar-refractivity contribution >= 4 is 39.3 Å². The van der Waals surface area contributed by atoms with E-state index in [4.69, 9.17) is 25.8 Å². The van der Waals surface area contributed by atoms with Crippen LogP contribution in [0.3, 0.4) is 0 Å². The van der Waals surface area contributed by atoms with Crippen LogP contribution in [-0.4, -0.2) is 32.1 Å². The Bertz CT molecular complexity index is 774. The number of esters is 1. The van der Waals surface area contributed by atoms with Gasteiger partial charge < -0.3 is 14.2 Å². The minimum absolute atomic E-state index is 0.246. The van der Waals surface area contributed by atoms with Crippen molar-refractivity contribution < 1.29 is 23.8 Å². The molecule has 0 aliphatic carbocycles. The number of halogens is 2. The highest BCUT2D eigenvalue weighted by Crippen LogP contribution is 2.36. The second-order valence-electron chi connectivity index (χ2n) is 4.93. The Hall–Kier alpha value is -2.05. The number of benzene rings is 2. The van der Waals surface area contributed by atoms with Gasteiger partial charge in [0.1, 0.15) is 0 Å². The predicted molar refractivity (Wildman–Crippen MR) is 97.9 cm³/mol. The molecule has 0 unspecified atom stereocenters. The first-order valence-electron chi connectivity index (χ1n) is 7.42. The van der Waals surface area contributed by atoms with Crippen LogP contribution >= 0.6 is 27.5 Å². The van der Waals surface area contributed by atoms with Crippen molar-refractivity contribution in [1.29, 1.82) is 0 Å². The first-order chi connectivity index (χ1) is 12.0. The van der Waals surface area contributed by atoms with Crippen LogP contribution in [0.15, 0.2) is 40.9 Å². The molecule has 0 saturated heterocycles. The van der Waals surface area contributed by atoms with Gasteiger partial charge in [-0.2, -0.15) is 0 Å². The van der Waals surface area contributed by atoms with E-state index in [1.807, 2.05) is 6.92 Å². The molecule has 2 aromatic carbocycles. The van der Waals surface area contributed by atoms with E-state index < -0.39 is 5.97 Å². The summed E-state index contributed by atoms with van der Waals surface area (Å²) in [6.07, 6.45) is 0. The van der Waals surface area contributed by atoms with Crippen molar-refractivity contribution in [1.82, 2.24) is 0 Å². The average Bonchev–Trinajstić information content (AvgIpc) is 2.61. The summed E-state index contributed by atoms with van der Waals surface area (Å²) in [4.78, 5) is 24.3. The minimum atomic E-state index is -0.635. The number of rotatable bonds is 7. The maximum absolute atomic E-state index is 12.2. The van der Waals surface area contributed by atoms with Crippen LogP contribution in [0.5, 0.6) is 11.5 Å². The molecule has 0 radical (unpaired) electrons. The van der Waals surface area contributed by atoms with Crippen molar-refractivity contribution in [3.05, 3.63) is 57.0 Å². The van der Waals surface area contributed by atoms with E-state index in [0.717, 1.165) is 0 Å². The quantitative estimate of drug-likeness (QED) is 0.479. The molecule has 0 N–H and O–H groups in total. The Balaban J connectivity index is 2.09. The molecule has 2 rings (SSSR count). The van der Waals surface area contributed by atoms with E-state index in [1.54, 1.807) is 30.3 Å². The van der Waals surface area contributed by atoms with Crippen LogP contribution in [0.1, 0.15) is 27.6 Å². The van der Waals surface area contributed by atoms with E-state index in [-0.39, 0.29) is 18.0 Å². The fraction of sp³-hybridized carbons (Fsp3) is 0.222. The number of carbonyl (C=O) groups is 2. The van der Waals surface area contributed by atoms with Crippen molar-refractivity contribution in [2.45, 2.75) is 6.92 Å². The third kappa shape index (κ3) is 4.96. The second-order valence-corrected chi connectivity index (χ2v) is 6.22. The molecule has 0 aliphatic heterocycles. The Kier molecular flexibility index (Phi) is 6.84. The minimum Gasteiger partial charge on any atom is -0.493 e. The summed E-state index contributed by atoms with van der Waals surface area (Å²) in [5.74, 6) is -0.0580. The van der Waals surface area contributed by atoms with Crippen molar-refractivity contribution in [2.75, 3.05) is 20.3 Å². The molecular formula is C18H16BrClO5. The SMILES string of the molecule is CCOc1c(Br)cc(C(=O)OCC(=O)c2ccc(Cl)cc2)cc1OC. The fourth-order valence-electron chi connectivity index (χ4n) is 2.06. The number of hydrogen-bond acceptors (Lipinski definition) is 5. The summed E-state index contributed by atoms with van der Waals surface area (Å²) in [7, 11) is 1.48. The number of carbonyl (C=O) groups excluding carboxylic acids is 2. The number of ketones is 1. The zero-order valence-corrected chi connectivity index (χ0v) is 16.0. The van der Waals surface area contributed by atoms with Crippen LogP contribution in [-0.2, 0) is 4.74 Å². The first-order valence-corrected chi connectivity index (χ1v) is 8.59. The smallest absolute Gasteiger partial charge is 0.338 e. The topological polar surface area (TPSA) is 61.8 Å². The van der Waals surface area contributed by atoms with Gasteiger partial charge >= 0.3 is 5.97 Å². The van der Waals surface area contributed by atoms with E-state index in [1.165, 1.54) is 13.2 Å². The molecule has 0 bridgehead atoms. The maximum Gasteiger partial charge on any atom is 0.338 e. The summed E-state index contributed by atoms with van der Waals surface area (Å²) < 4.78 is 16.4. The van der Waals surface area contributed by atoms with E-state index in [0.29, 0.717) is 33.2 Å². The van der Waals surface area contributed by atoms with Crippen LogP contribution < -0.4 is 9.47 Å². The maximum atomic E-state index is 12.2. The lowest BCUT2D eigenvalue weighted by Crippen LogP contribution is -2.14. The van der Waals surface area contributed by atoms with Crippen LogP contribution in [0.4, 0.5) is 0 Å². The van der Waals surface area contributed by atoms with Gasteiger partial charge in [0.05, 0.1) is 23.8 Å². The third-order valence-electron chi connectivity index (χ3n) is 3.25. The molecule has 0 saturated carbocycles. The zero-order chi connectivity index (χ0) is 18.4. The molecule has 0 aromatic heterocycles. The highest BCUT2D eigenvalue weighted by Gasteiger charge is 2.17. The summed E-state index contributed by atoms with van der Waals surface area (Å²) in [5.41, 5.74) is 0.665. The molecular weight excluding hydrogens is 412 g/mol. The lowest BCUT2D eigenvalue weighted by atomic mass is 10.1. The molecule has 132 valence electrons. The van der Waals surface area contributed by atoms with Crippen molar-refractivity contribution in [3.63, 3.8) is 0 Å². The van der Waals surface area contributed by atoms with Gasteiger partial charge in [0, 0.05) is 10.6 Å². The van der Waals surface area contributed by atoms with Gasteiger partial charge in [-0.15, -0.1) is 0 Å². The summed E-state index contributed by atoms with van der Waals surface area (Å²) in [6.45, 7) is 1.93. The lowest BCUT2D eigenvalue weighted by Gasteiger charge is -2.13. The van der Waals surface area contributed by atoms with Crippen LogP contribution in [0, 0.1) is 0 Å². The van der Waals surface area contributed by atoms with Crippen LogP contribution in [0.25, 0.3) is 0 Å². The monoisotopic (exact) mass is 426 g/mol. The molecule has 0 amide bonds. The van der Waals surface area contributed by atoms with Gasteiger partial charge in [0.25, 0.3) is 0 Å². The van der Waals surface area contributed by atoms with Crippen molar-refractivity contribution in [3.8, 4) is 11.5 Å². The molecule has 0 atom stereocenters. The van der Waals surface area contributed by atoms with Crippen molar-refractivity contribution in [2.24, 2.45) is 0 Å².